The zero-order valence-electron chi connectivity index (χ0n) is 9.68. The zero-order chi connectivity index (χ0) is 12.7. The maximum atomic E-state index is 14.1. The predicted octanol–water partition coefficient (Wildman–Crippen LogP) is 2.41. The summed E-state index contributed by atoms with van der Waals surface area (Å²) in [5.41, 5.74) is 0.824. The number of nitrogens with one attached hydrogen (secondary N) is 1. The summed E-state index contributed by atoms with van der Waals surface area (Å²) in [6, 6.07) is 2.08. The molecule has 1 N–H and O–H groups in total. The van der Waals surface area contributed by atoms with Crippen molar-refractivity contribution in [1.82, 2.24) is 10.2 Å². The van der Waals surface area contributed by atoms with Crippen LogP contribution in [0.3, 0.4) is 0 Å². The Morgan fingerprint density at radius 2 is 2.39 bits per heavy atom. The molecule has 1 aromatic rings. The summed E-state index contributed by atoms with van der Waals surface area (Å²) in [4.78, 5) is 2.31. The van der Waals surface area contributed by atoms with Crippen molar-refractivity contribution in [2.45, 2.75) is 12.6 Å². The van der Waals surface area contributed by atoms with Crippen LogP contribution in [0.5, 0.6) is 5.75 Å². The molecule has 0 saturated carbocycles. The molecule has 6 heteroatoms. The summed E-state index contributed by atoms with van der Waals surface area (Å²) in [5.74, 6) is -0.0639. The Labute approximate surface area is 118 Å². The van der Waals surface area contributed by atoms with E-state index in [1.165, 1.54) is 0 Å². The molecule has 18 heavy (non-hydrogen) atoms. The van der Waals surface area contributed by atoms with Crippen molar-refractivity contribution in [2.24, 2.45) is 0 Å². The third-order valence-electron chi connectivity index (χ3n) is 3.46. The van der Waals surface area contributed by atoms with Crippen molar-refractivity contribution in [1.29, 1.82) is 0 Å². The molecule has 0 spiro atoms. The number of hydrogen-bond acceptors (Lipinski definition) is 3. The molecule has 0 aromatic heterocycles. The molecule has 0 radical (unpaired) electrons. The van der Waals surface area contributed by atoms with Crippen LogP contribution in [0, 0.1) is 5.82 Å². The highest BCUT2D eigenvalue weighted by Gasteiger charge is 2.29. The Bertz CT molecular complexity index is 486. The van der Waals surface area contributed by atoms with Crippen molar-refractivity contribution in [3.05, 3.63) is 26.9 Å². The average Bonchev–Trinajstić information content (AvgIpc) is 2.55. The van der Waals surface area contributed by atoms with Crippen LogP contribution in [0.4, 0.5) is 4.39 Å². The Morgan fingerprint density at radius 3 is 3.22 bits per heavy atom. The van der Waals surface area contributed by atoms with Gasteiger partial charge in [0.1, 0.15) is 6.61 Å². The standard InChI is InChI=1S/C12H13BrClFN2O/c13-10-9(14)3-7-5-17-2-1-16-4-8(17)6-18-12(7)11(10)15/h3,8,16H,1-2,4-6H2/t8-/m1/s1. The van der Waals surface area contributed by atoms with E-state index in [2.05, 4.69) is 26.1 Å². The van der Waals surface area contributed by atoms with Crippen LogP contribution < -0.4 is 10.1 Å². The molecular formula is C12H13BrClFN2O. The molecule has 1 saturated heterocycles. The van der Waals surface area contributed by atoms with Crippen LogP contribution in [-0.2, 0) is 6.54 Å². The molecule has 2 heterocycles. The van der Waals surface area contributed by atoms with Crippen molar-refractivity contribution in [3.8, 4) is 5.75 Å². The molecule has 2 aliphatic heterocycles. The third kappa shape index (κ3) is 2.13. The molecule has 0 bridgehead atoms. The number of fused-ring (bicyclic) bond motifs is 2. The molecule has 1 atom stereocenters. The Balaban J connectivity index is 1.99. The van der Waals surface area contributed by atoms with Gasteiger partial charge in [0, 0.05) is 31.7 Å². The number of nitrogens with zero attached hydrogens (tertiary/aromatic N) is 1. The van der Waals surface area contributed by atoms with Gasteiger partial charge in [-0.1, -0.05) is 11.6 Å². The van der Waals surface area contributed by atoms with E-state index in [0.29, 0.717) is 30.0 Å². The van der Waals surface area contributed by atoms with Crippen LogP contribution in [0.1, 0.15) is 5.56 Å². The van der Waals surface area contributed by atoms with Gasteiger partial charge in [-0.2, -0.15) is 0 Å². The van der Waals surface area contributed by atoms with Gasteiger partial charge in [0.2, 0.25) is 0 Å². The van der Waals surface area contributed by atoms with E-state index in [1.54, 1.807) is 6.07 Å². The van der Waals surface area contributed by atoms with Gasteiger partial charge >= 0.3 is 0 Å². The first kappa shape index (κ1) is 12.7. The first-order valence-corrected chi connectivity index (χ1v) is 7.08. The van der Waals surface area contributed by atoms with Crippen molar-refractivity contribution < 1.29 is 9.13 Å². The quantitative estimate of drug-likeness (QED) is 0.737. The summed E-state index contributed by atoms with van der Waals surface area (Å²) in [6.07, 6.45) is 0. The van der Waals surface area contributed by atoms with E-state index in [9.17, 15) is 4.39 Å². The van der Waals surface area contributed by atoms with Gasteiger partial charge in [-0.3, -0.25) is 4.90 Å². The lowest BCUT2D eigenvalue weighted by Crippen LogP contribution is -2.52. The van der Waals surface area contributed by atoms with E-state index in [-0.39, 0.29) is 4.47 Å². The van der Waals surface area contributed by atoms with Gasteiger partial charge in [0.05, 0.1) is 15.5 Å². The topological polar surface area (TPSA) is 24.5 Å². The smallest absolute Gasteiger partial charge is 0.181 e. The van der Waals surface area contributed by atoms with Crippen molar-refractivity contribution in [3.63, 3.8) is 0 Å². The number of benzene rings is 1. The summed E-state index contributed by atoms with van der Waals surface area (Å²) < 4.78 is 20.0. The van der Waals surface area contributed by atoms with E-state index in [1.807, 2.05) is 0 Å². The zero-order valence-corrected chi connectivity index (χ0v) is 12.0. The highest BCUT2D eigenvalue weighted by Crippen LogP contribution is 2.37. The van der Waals surface area contributed by atoms with E-state index >= 15 is 0 Å². The van der Waals surface area contributed by atoms with Crippen LogP contribution >= 0.6 is 27.5 Å². The second-order valence-electron chi connectivity index (χ2n) is 4.61. The van der Waals surface area contributed by atoms with Crippen LogP contribution in [0.2, 0.25) is 5.02 Å². The Kier molecular flexibility index (Phi) is 3.49. The second-order valence-corrected chi connectivity index (χ2v) is 5.81. The number of halogens is 3. The summed E-state index contributed by atoms with van der Waals surface area (Å²) in [7, 11) is 0. The minimum absolute atomic E-state index is 0.279. The predicted molar refractivity (Wildman–Crippen MR) is 71.7 cm³/mol. The second kappa shape index (κ2) is 4.96. The largest absolute Gasteiger partial charge is 0.488 e. The highest BCUT2D eigenvalue weighted by molar-refractivity contribution is 9.10. The molecule has 98 valence electrons. The minimum atomic E-state index is -0.398. The molecule has 2 aliphatic rings. The molecule has 0 unspecified atom stereocenters. The molecular weight excluding hydrogens is 323 g/mol. The lowest BCUT2D eigenvalue weighted by Gasteiger charge is -2.33. The SMILES string of the molecule is Fc1c(Br)c(Cl)cc2c1OC[C@H]1CNCCN1C2. The average molecular weight is 336 g/mol. The first-order chi connectivity index (χ1) is 8.66. The van der Waals surface area contributed by atoms with Crippen LogP contribution in [-0.4, -0.2) is 37.2 Å². The van der Waals surface area contributed by atoms with Crippen molar-refractivity contribution in [2.75, 3.05) is 26.2 Å². The number of hydrogen-bond donors (Lipinski definition) is 1. The fourth-order valence-electron chi connectivity index (χ4n) is 2.47. The van der Waals surface area contributed by atoms with Gasteiger partial charge < -0.3 is 10.1 Å². The monoisotopic (exact) mass is 334 g/mol. The molecule has 0 aliphatic carbocycles. The van der Waals surface area contributed by atoms with Gasteiger partial charge in [-0.05, 0) is 22.0 Å². The first-order valence-electron chi connectivity index (χ1n) is 5.90. The maximum absolute atomic E-state index is 14.1. The summed E-state index contributed by atoms with van der Waals surface area (Å²) in [6.45, 7) is 3.97. The number of piperazine rings is 1. The van der Waals surface area contributed by atoms with Crippen LogP contribution in [0.25, 0.3) is 0 Å². The van der Waals surface area contributed by atoms with Gasteiger partial charge in [-0.25, -0.2) is 4.39 Å². The maximum Gasteiger partial charge on any atom is 0.181 e. The van der Waals surface area contributed by atoms with E-state index in [4.69, 9.17) is 16.3 Å². The van der Waals surface area contributed by atoms with Crippen LogP contribution in [0.15, 0.2) is 10.5 Å². The Morgan fingerprint density at radius 1 is 1.56 bits per heavy atom. The summed E-state index contributed by atoms with van der Waals surface area (Å²) in [5, 5.41) is 3.72. The number of ether oxygens (including phenoxy) is 1. The third-order valence-corrected chi connectivity index (χ3v) is 4.76. The molecule has 1 fully saturated rings. The number of rotatable bonds is 0. The van der Waals surface area contributed by atoms with Gasteiger partial charge in [0.25, 0.3) is 0 Å². The lowest BCUT2D eigenvalue weighted by molar-refractivity contribution is 0.119. The van der Waals surface area contributed by atoms with E-state index < -0.39 is 5.82 Å². The lowest BCUT2D eigenvalue weighted by atomic mass is 10.1. The van der Waals surface area contributed by atoms with Gasteiger partial charge in [-0.15, -0.1) is 0 Å². The summed E-state index contributed by atoms with van der Waals surface area (Å²) >= 11 is 9.15. The van der Waals surface area contributed by atoms with Gasteiger partial charge in [0.15, 0.2) is 11.6 Å². The fourth-order valence-corrected chi connectivity index (χ4v) is 2.98. The fraction of sp³-hybridized carbons (Fsp3) is 0.500. The Hall–Kier alpha value is -0.360. The molecule has 1 aromatic carbocycles. The van der Waals surface area contributed by atoms with E-state index in [0.717, 1.165) is 25.2 Å². The molecule has 3 nitrogen and oxygen atoms in total. The minimum Gasteiger partial charge on any atom is -0.488 e. The normalized spacial score (nSPS) is 23.8. The molecule has 3 rings (SSSR count). The molecule has 0 amide bonds. The highest BCUT2D eigenvalue weighted by atomic mass is 79.9. The van der Waals surface area contributed by atoms with Crippen molar-refractivity contribution >= 4 is 27.5 Å².